The molecule has 0 saturated carbocycles. The topological polar surface area (TPSA) is 24.5 Å². The van der Waals surface area contributed by atoms with Crippen LogP contribution >= 0.6 is 0 Å². The molecule has 1 N–H and O–H groups in total. The standard InChI is InChI=1S/C15H30N2O/c1-12-10-16-13(2)4-7-17(11-12)14(3)15-5-8-18-9-6-15/h12-16H,4-11H2,1-3H3. The molecule has 0 radical (unpaired) electrons. The van der Waals surface area contributed by atoms with E-state index in [1.165, 1.54) is 32.4 Å². The van der Waals surface area contributed by atoms with E-state index >= 15 is 0 Å². The Hall–Kier alpha value is -0.120. The van der Waals surface area contributed by atoms with Gasteiger partial charge in [-0.3, -0.25) is 0 Å². The largest absolute Gasteiger partial charge is 0.381 e. The predicted molar refractivity (Wildman–Crippen MR) is 75.8 cm³/mol. The minimum absolute atomic E-state index is 0.664. The molecule has 2 aliphatic rings. The Morgan fingerprint density at radius 1 is 1.17 bits per heavy atom. The molecule has 3 nitrogen and oxygen atoms in total. The molecular formula is C15H30N2O. The van der Waals surface area contributed by atoms with E-state index < -0.39 is 0 Å². The summed E-state index contributed by atoms with van der Waals surface area (Å²) in [6.07, 6.45) is 3.78. The predicted octanol–water partition coefficient (Wildman–Crippen LogP) is 2.12. The van der Waals surface area contributed by atoms with Crippen molar-refractivity contribution in [3.05, 3.63) is 0 Å². The van der Waals surface area contributed by atoms with Crippen LogP contribution in [-0.2, 0) is 4.74 Å². The van der Waals surface area contributed by atoms with Gasteiger partial charge in [-0.05, 0) is 58.0 Å². The Bertz CT molecular complexity index is 241. The number of ether oxygens (including phenoxy) is 1. The molecule has 3 heteroatoms. The number of hydrogen-bond donors (Lipinski definition) is 1. The Morgan fingerprint density at radius 3 is 2.61 bits per heavy atom. The lowest BCUT2D eigenvalue weighted by Crippen LogP contribution is -2.48. The molecule has 0 bridgehead atoms. The fourth-order valence-corrected chi connectivity index (χ4v) is 3.29. The van der Waals surface area contributed by atoms with Crippen molar-refractivity contribution in [2.24, 2.45) is 11.8 Å². The summed E-state index contributed by atoms with van der Waals surface area (Å²) in [7, 11) is 0. The molecule has 0 amide bonds. The zero-order valence-corrected chi connectivity index (χ0v) is 12.3. The number of rotatable bonds is 2. The van der Waals surface area contributed by atoms with Gasteiger partial charge in [-0.25, -0.2) is 0 Å². The summed E-state index contributed by atoms with van der Waals surface area (Å²) in [5.74, 6) is 1.60. The number of nitrogens with one attached hydrogen (secondary N) is 1. The van der Waals surface area contributed by atoms with Gasteiger partial charge in [0.25, 0.3) is 0 Å². The first kappa shape index (κ1) is 14.3. The van der Waals surface area contributed by atoms with Crippen LogP contribution in [0.5, 0.6) is 0 Å². The van der Waals surface area contributed by atoms with Crippen LogP contribution in [0, 0.1) is 11.8 Å². The SMILES string of the molecule is CC1CNC(C)CCN(C(C)C2CCOCC2)C1. The third-order valence-corrected chi connectivity index (χ3v) is 4.73. The van der Waals surface area contributed by atoms with Gasteiger partial charge in [0.05, 0.1) is 0 Å². The lowest BCUT2D eigenvalue weighted by atomic mass is 9.90. The van der Waals surface area contributed by atoms with Crippen LogP contribution in [-0.4, -0.2) is 49.8 Å². The van der Waals surface area contributed by atoms with E-state index in [0.717, 1.165) is 37.6 Å². The maximum absolute atomic E-state index is 5.49. The smallest absolute Gasteiger partial charge is 0.0469 e. The van der Waals surface area contributed by atoms with E-state index in [1.54, 1.807) is 0 Å². The van der Waals surface area contributed by atoms with E-state index in [9.17, 15) is 0 Å². The fraction of sp³-hybridized carbons (Fsp3) is 1.00. The van der Waals surface area contributed by atoms with Gasteiger partial charge in [0.2, 0.25) is 0 Å². The maximum Gasteiger partial charge on any atom is 0.0469 e. The zero-order valence-electron chi connectivity index (χ0n) is 12.3. The minimum atomic E-state index is 0.664. The van der Waals surface area contributed by atoms with Crippen LogP contribution < -0.4 is 5.32 Å². The Labute approximate surface area is 112 Å². The quantitative estimate of drug-likeness (QED) is 0.817. The lowest BCUT2D eigenvalue weighted by Gasteiger charge is -2.40. The van der Waals surface area contributed by atoms with Gasteiger partial charge < -0.3 is 15.0 Å². The summed E-state index contributed by atoms with van der Waals surface area (Å²) < 4.78 is 5.49. The van der Waals surface area contributed by atoms with Crippen molar-refractivity contribution >= 4 is 0 Å². The first-order valence-corrected chi connectivity index (χ1v) is 7.72. The number of nitrogens with zero attached hydrogens (tertiary/aromatic N) is 1. The third-order valence-electron chi connectivity index (χ3n) is 4.73. The van der Waals surface area contributed by atoms with Crippen molar-refractivity contribution in [1.82, 2.24) is 10.2 Å². The van der Waals surface area contributed by atoms with Crippen LogP contribution in [0.2, 0.25) is 0 Å². The van der Waals surface area contributed by atoms with Crippen LogP contribution in [0.15, 0.2) is 0 Å². The summed E-state index contributed by atoms with van der Waals surface area (Å²) in [5, 5.41) is 3.63. The van der Waals surface area contributed by atoms with Crippen molar-refractivity contribution in [1.29, 1.82) is 0 Å². The first-order valence-electron chi connectivity index (χ1n) is 7.72. The summed E-state index contributed by atoms with van der Waals surface area (Å²) in [6, 6.07) is 1.39. The maximum atomic E-state index is 5.49. The molecule has 0 aromatic heterocycles. The van der Waals surface area contributed by atoms with Gasteiger partial charge in [-0.15, -0.1) is 0 Å². The number of hydrogen-bond acceptors (Lipinski definition) is 3. The molecule has 3 atom stereocenters. The van der Waals surface area contributed by atoms with Crippen molar-refractivity contribution in [2.45, 2.75) is 52.1 Å². The Kier molecular flexibility index (Phi) is 5.46. The van der Waals surface area contributed by atoms with Gasteiger partial charge in [-0.1, -0.05) is 6.92 Å². The molecule has 2 rings (SSSR count). The van der Waals surface area contributed by atoms with E-state index in [-0.39, 0.29) is 0 Å². The molecule has 18 heavy (non-hydrogen) atoms. The van der Waals surface area contributed by atoms with Crippen molar-refractivity contribution in [2.75, 3.05) is 32.8 Å². The molecular weight excluding hydrogens is 224 g/mol. The highest BCUT2D eigenvalue weighted by atomic mass is 16.5. The molecule has 2 fully saturated rings. The van der Waals surface area contributed by atoms with E-state index in [1.807, 2.05) is 0 Å². The molecule has 0 aromatic carbocycles. The molecule has 2 heterocycles. The summed E-state index contributed by atoms with van der Waals surface area (Å²) in [6.45, 7) is 12.7. The minimum Gasteiger partial charge on any atom is -0.381 e. The van der Waals surface area contributed by atoms with Crippen molar-refractivity contribution in [3.8, 4) is 0 Å². The van der Waals surface area contributed by atoms with Crippen LogP contribution in [0.1, 0.15) is 40.0 Å². The van der Waals surface area contributed by atoms with Crippen molar-refractivity contribution in [3.63, 3.8) is 0 Å². The van der Waals surface area contributed by atoms with Crippen molar-refractivity contribution < 1.29 is 4.74 Å². The average Bonchev–Trinajstić information content (AvgIpc) is 2.39. The third kappa shape index (κ3) is 3.94. The van der Waals surface area contributed by atoms with Crippen LogP contribution in [0.25, 0.3) is 0 Å². The van der Waals surface area contributed by atoms with Gasteiger partial charge in [0.15, 0.2) is 0 Å². The van der Waals surface area contributed by atoms with E-state index in [0.29, 0.717) is 6.04 Å². The summed E-state index contributed by atoms with van der Waals surface area (Å²) in [5.41, 5.74) is 0. The summed E-state index contributed by atoms with van der Waals surface area (Å²) in [4.78, 5) is 2.73. The molecule has 0 aromatic rings. The Balaban J connectivity index is 1.91. The highest BCUT2D eigenvalue weighted by Crippen LogP contribution is 2.24. The highest BCUT2D eigenvalue weighted by Gasteiger charge is 2.27. The Morgan fingerprint density at radius 2 is 1.89 bits per heavy atom. The molecule has 3 unspecified atom stereocenters. The first-order chi connectivity index (χ1) is 8.66. The zero-order chi connectivity index (χ0) is 13.0. The average molecular weight is 254 g/mol. The second kappa shape index (κ2) is 6.88. The molecule has 106 valence electrons. The summed E-state index contributed by atoms with van der Waals surface area (Å²) >= 11 is 0. The monoisotopic (exact) mass is 254 g/mol. The van der Waals surface area contributed by atoms with Crippen LogP contribution in [0.3, 0.4) is 0 Å². The van der Waals surface area contributed by atoms with E-state index in [2.05, 4.69) is 31.0 Å². The van der Waals surface area contributed by atoms with Crippen LogP contribution in [0.4, 0.5) is 0 Å². The molecule has 2 aliphatic heterocycles. The highest BCUT2D eigenvalue weighted by molar-refractivity contribution is 4.82. The molecule has 0 aliphatic carbocycles. The normalized spacial score (nSPS) is 34.8. The fourth-order valence-electron chi connectivity index (χ4n) is 3.29. The van der Waals surface area contributed by atoms with E-state index in [4.69, 9.17) is 4.74 Å². The van der Waals surface area contributed by atoms with Gasteiger partial charge in [0.1, 0.15) is 0 Å². The van der Waals surface area contributed by atoms with Gasteiger partial charge in [0, 0.05) is 31.8 Å². The molecule has 2 saturated heterocycles. The lowest BCUT2D eigenvalue weighted by molar-refractivity contribution is 0.0238. The van der Waals surface area contributed by atoms with Gasteiger partial charge >= 0.3 is 0 Å². The second-order valence-electron chi connectivity index (χ2n) is 6.39. The second-order valence-corrected chi connectivity index (χ2v) is 6.39. The molecule has 0 spiro atoms. The van der Waals surface area contributed by atoms with Gasteiger partial charge in [-0.2, -0.15) is 0 Å².